The van der Waals surface area contributed by atoms with Gasteiger partial charge in [0.15, 0.2) is 0 Å². The van der Waals surface area contributed by atoms with E-state index in [4.69, 9.17) is 5.26 Å². The summed E-state index contributed by atoms with van der Waals surface area (Å²) in [7, 11) is 1.57. The molecule has 1 aromatic carbocycles. The minimum atomic E-state index is -4.66. The van der Waals surface area contributed by atoms with Gasteiger partial charge < -0.3 is 5.32 Å². The molecule has 0 unspecified atom stereocenters. The first-order valence-corrected chi connectivity index (χ1v) is 5.98. The zero-order valence-corrected chi connectivity index (χ0v) is 11.7. The fourth-order valence-corrected chi connectivity index (χ4v) is 1.61. The van der Waals surface area contributed by atoms with E-state index in [0.29, 0.717) is 0 Å². The summed E-state index contributed by atoms with van der Waals surface area (Å²) in [6, 6.07) is 4.50. The summed E-state index contributed by atoms with van der Waals surface area (Å²) in [6.07, 6.45) is -4.66. The van der Waals surface area contributed by atoms with Crippen LogP contribution in [0, 0.1) is 11.3 Å². The molecule has 0 spiro atoms. The minimum absolute atomic E-state index is 0.0303. The molecule has 0 aromatic heterocycles. The number of hydrogen-bond acceptors (Lipinski definition) is 4. The number of rotatable bonds is 4. The van der Waals surface area contributed by atoms with Crippen molar-refractivity contribution >= 4 is 11.6 Å². The van der Waals surface area contributed by atoms with Crippen molar-refractivity contribution in [3.05, 3.63) is 29.3 Å². The van der Waals surface area contributed by atoms with E-state index >= 15 is 0 Å². The number of benzene rings is 1. The second-order valence-corrected chi connectivity index (χ2v) is 4.82. The predicted molar refractivity (Wildman–Crippen MR) is 71.1 cm³/mol. The van der Waals surface area contributed by atoms with Crippen molar-refractivity contribution in [2.45, 2.75) is 25.6 Å². The maximum atomic E-state index is 12.8. The molecule has 21 heavy (non-hydrogen) atoms. The van der Waals surface area contributed by atoms with Crippen molar-refractivity contribution in [3.63, 3.8) is 0 Å². The Morgan fingerprint density at radius 1 is 1.29 bits per heavy atom. The lowest BCUT2D eigenvalue weighted by atomic mass is 10.0. The third kappa shape index (κ3) is 4.18. The Labute approximate surface area is 120 Å². The number of anilines is 1. The van der Waals surface area contributed by atoms with Gasteiger partial charge in [0.2, 0.25) is 5.91 Å². The van der Waals surface area contributed by atoms with Crippen molar-refractivity contribution < 1.29 is 18.0 Å². The van der Waals surface area contributed by atoms with E-state index in [-0.39, 0.29) is 5.69 Å². The first-order chi connectivity index (χ1) is 9.61. The number of hydrazine groups is 1. The van der Waals surface area contributed by atoms with Crippen LogP contribution in [0.1, 0.15) is 25.0 Å². The summed E-state index contributed by atoms with van der Waals surface area (Å²) >= 11 is 0. The Hall–Kier alpha value is -2.11. The quantitative estimate of drug-likeness (QED) is 0.744. The van der Waals surface area contributed by atoms with Crippen molar-refractivity contribution in [2.24, 2.45) is 0 Å². The smallest absolute Gasteiger partial charge is 0.324 e. The molecule has 0 saturated heterocycles. The van der Waals surface area contributed by atoms with Crippen LogP contribution >= 0.6 is 0 Å². The SMILES string of the molecule is CNNC(C)(C)C(=O)Nc1ccc(C#N)c(C(F)(F)F)c1. The molecule has 114 valence electrons. The summed E-state index contributed by atoms with van der Waals surface area (Å²) in [5.74, 6) is -0.519. The van der Waals surface area contributed by atoms with Crippen molar-refractivity contribution in [1.29, 1.82) is 5.26 Å². The molecular weight excluding hydrogens is 285 g/mol. The van der Waals surface area contributed by atoms with E-state index in [2.05, 4.69) is 16.2 Å². The number of amides is 1. The Balaban J connectivity index is 3.07. The van der Waals surface area contributed by atoms with Gasteiger partial charge in [0, 0.05) is 5.69 Å². The Bertz CT molecular complexity index is 576. The number of hydrogen-bond donors (Lipinski definition) is 3. The summed E-state index contributed by atoms with van der Waals surface area (Å²) in [4.78, 5) is 12.0. The number of nitrogens with one attached hydrogen (secondary N) is 3. The summed E-state index contributed by atoms with van der Waals surface area (Å²) in [5.41, 5.74) is 2.64. The largest absolute Gasteiger partial charge is 0.417 e. The van der Waals surface area contributed by atoms with Crippen LogP contribution in [-0.4, -0.2) is 18.5 Å². The molecule has 8 heteroatoms. The van der Waals surface area contributed by atoms with Gasteiger partial charge in [-0.05, 0) is 39.1 Å². The number of halogens is 3. The molecule has 5 nitrogen and oxygen atoms in total. The van der Waals surface area contributed by atoms with Crippen LogP contribution in [0.25, 0.3) is 0 Å². The minimum Gasteiger partial charge on any atom is -0.324 e. The molecule has 0 bridgehead atoms. The molecule has 0 fully saturated rings. The molecule has 0 heterocycles. The highest BCUT2D eigenvalue weighted by Crippen LogP contribution is 2.33. The second kappa shape index (κ2) is 6.11. The molecular formula is C13H15F3N4O. The molecule has 0 aliphatic rings. The zero-order valence-electron chi connectivity index (χ0n) is 11.7. The van der Waals surface area contributed by atoms with Crippen LogP contribution in [0.2, 0.25) is 0 Å². The van der Waals surface area contributed by atoms with E-state index in [1.807, 2.05) is 0 Å². The van der Waals surface area contributed by atoms with Crippen LogP contribution in [0.3, 0.4) is 0 Å². The lowest BCUT2D eigenvalue weighted by Crippen LogP contribution is -2.54. The first-order valence-electron chi connectivity index (χ1n) is 5.98. The van der Waals surface area contributed by atoms with Gasteiger partial charge in [-0.2, -0.15) is 18.4 Å². The third-order valence-corrected chi connectivity index (χ3v) is 2.71. The maximum absolute atomic E-state index is 12.8. The average Bonchev–Trinajstić information content (AvgIpc) is 2.37. The van der Waals surface area contributed by atoms with Gasteiger partial charge in [-0.25, -0.2) is 5.43 Å². The predicted octanol–water partition coefficient (Wildman–Crippen LogP) is 2.02. The molecule has 0 saturated carbocycles. The van der Waals surface area contributed by atoms with Crippen LogP contribution in [-0.2, 0) is 11.0 Å². The highest BCUT2D eigenvalue weighted by molar-refractivity contribution is 5.97. The molecule has 0 aliphatic carbocycles. The van der Waals surface area contributed by atoms with E-state index in [1.54, 1.807) is 20.9 Å². The van der Waals surface area contributed by atoms with Crippen LogP contribution in [0.15, 0.2) is 18.2 Å². The highest BCUT2D eigenvalue weighted by Gasteiger charge is 2.34. The third-order valence-electron chi connectivity index (χ3n) is 2.71. The topological polar surface area (TPSA) is 76.9 Å². The van der Waals surface area contributed by atoms with Gasteiger partial charge in [0.1, 0.15) is 5.54 Å². The maximum Gasteiger partial charge on any atom is 0.417 e. The zero-order chi connectivity index (χ0) is 16.3. The molecule has 0 radical (unpaired) electrons. The van der Waals surface area contributed by atoms with Gasteiger partial charge in [0.05, 0.1) is 17.2 Å². The Kier molecular flexibility index (Phi) is 4.93. The number of carbonyl (C=O) groups is 1. The van der Waals surface area contributed by atoms with E-state index in [1.165, 1.54) is 12.1 Å². The molecule has 1 rings (SSSR count). The summed E-state index contributed by atoms with van der Waals surface area (Å²) in [6.45, 7) is 3.13. The molecule has 3 N–H and O–H groups in total. The average molecular weight is 300 g/mol. The summed E-state index contributed by atoms with van der Waals surface area (Å²) < 4.78 is 38.5. The first kappa shape index (κ1) is 16.9. The normalized spacial score (nSPS) is 11.9. The van der Waals surface area contributed by atoms with Crippen molar-refractivity contribution in [3.8, 4) is 6.07 Å². The van der Waals surface area contributed by atoms with Crippen molar-refractivity contribution in [1.82, 2.24) is 10.9 Å². The van der Waals surface area contributed by atoms with Crippen molar-refractivity contribution in [2.75, 3.05) is 12.4 Å². The monoisotopic (exact) mass is 300 g/mol. The van der Waals surface area contributed by atoms with Crippen LogP contribution in [0.5, 0.6) is 0 Å². The van der Waals surface area contributed by atoms with E-state index in [0.717, 1.165) is 12.1 Å². The molecule has 0 aliphatic heterocycles. The fourth-order valence-electron chi connectivity index (χ4n) is 1.61. The Morgan fingerprint density at radius 3 is 2.38 bits per heavy atom. The van der Waals surface area contributed by atoms with Gasteiger partial charge in [0.25, 0.3) is 0 Å². The molecule has 0 atom stereocenters. The fraction of sp³-hybridized carbons (Fsp3) is 0.385. The van der Waals surface area contributed by atoms with E-state index in [9.17, 15) is 18.0 Å². The lowest BCUT2D eigenvalue weighted by molar-refractivity contribution is -0.137. The lowest BCUT2D eigenvalue weighted by Gasteiger charge is -2.24. The number of alkyl halides is 3. The van der Waals surface area contributed by atoms with E-state index < -0.39 is 28.7 Å². The number of nitriles is 1. The Morgan fingerprint density at radius 2 is 1.90 bits per heavy atom. The van der Waals surface area contributed by atoms with Gasteiger partial charge >= 0.3 is 6.18 Å². The number of carbonyl (C=O) groups excluding carboxylic acids is 1. The molecule has 1 amide bonds. The molecule has 1 aromatic rings. The highest BCUT2D eigenvalue weighted by atomic mass is 19.4. The van der Waals surface area contributed by atoms with Crippen LogP contribution < -0.4 is 16.2 Å². The van der Waals surface area contributed by atoms with Gasteiger partial charge in [-0.15, -0.1) is 0 Å². The van der Waals surface area contributed by atoms with Crippen LogP contribution in [0.4, 0.5) is 18.9 Å². The standard InChI is InChI=1S/C13H15F3N4O/c1-12(2,20-18-3)11(21)19-9-5-4-8(7-17)10(6-9)13(14,15)16/h4-6,18,20H,1-3H3,(H,19,21). The second-order valence-electron chi connectivity index (χ2n) is 4.82. The van der Waals surface area contributed by atoms with Gasteiger partial charge in [-0.3, -0.25) is 10.2 Å². The van der Waals surface area contributed by atoms with Gasteiger partial charge in [-0.1, -0.05) is 0 Å². The number of nitrogens with zero attached hydrogens (tertiary/aromatic N) is 1. The summed E-state index contributed by atoms with van der Waals surface area (Å²) in [5, 5.41) is 11.1.